The number of anilines is 1. The van der Waals surface area contributed by atoms with E-state index in [-0.39, 0.29) is 11.6 Å². The number of esters is 1. The van der Waals surface area contributed by atoms with Gasteiger partial charge < -0.3 is 30.1 Å². The number of nitrogen functional groups attached to an aromatic ring is 1. The standard InChI is InChI=1S/C26H26BrN6O9PS/c27-24-30-31-26(33(24)17-8-7-14(13-5-6-13)15-3-1-2-4-16(15)17)44-12-20(34)40-11-18-22(42-43(37,38)39)21(35)23(41-18)32-10-9-19(28)29-25(32)36/h1-4,7-10,13,18,21-23,35H,5-6,11-12H2,(H2,28,29,36)(H2,37,38,39)/t18-,21-,22+,23-/m1/s1. The highest BCUT2D eigenvalue weighted by atomic mass is 79.9. The zero-order valence-electron chi connectivity index (χ0n) is 22.7. The van der Waals surface area contributed by atoms with Crippen LogP contribution in [0.25, 0.3) is 16.5 Å². The average Bonchev–Trinajstić information content (AvgIpc) is 3.70. The molecule has 1 aliphatic carbocycles. The summed E-state index contributed by atoms with van der Waals surface area (Å²) in [6.07, 6.45) is -2.61. The van der Waals surface area contributed by atoms with E-state index in [1.54, 1.807) is 4.57 Å². The van der Waals surface area contributed by atoms with Crippen LogP contribution < -0.4 is 11.4 Å². The molecule has 1 aliphatic heterocycles. The van der Waals surface area contributed by atoms with Crippen LogP contribution >= 0.6 is 35.5 Å². The maximum Gasteiger partial charge on any atom is 0.470 e. The molecule has 3 heterocycles. The van der Waals surface area contributed by atoms with Crippen LogP contribution in [0.2, 0.25) is 0 Å². The lowest BCUT2D eigenvalue weighted by Crippen LogP contribution is -2.38. The van der Waals surface area contributed by atoms with Gasteiger partial charge in [-0.15, -0.1) is 10.2 Å². The number of rotatable bonds is 10. The summed E-state index contributed by atoms with van der Waals surface area (Å²) in [7, 11) is -5.11. The molecule has 2 aromatic carbocycles. The normalized spacial score (nSPS) is 22.0. The first-order valence-electron chi connectivity index (χ1n) is 13.3. The number of carbonyl (C=O) groups is 1. The van der Waals surface area contributed by atoms with Crippen molar-refractivity contribution in [1.82, 2.24) is 24.3 Å². The van der Waals surface area contributed by atoms with E-state index in [1.165, 1.54) is 17.8 Å². The van der Waals surface area contributed by atoms with Gasteiger partial charge in [-0.3, -0.25) is 18.5 Å². The highest BCUT2D eigenvalue weighted by molar-refractivity contribution is 9.10. The van der Waals surface area contributed by atoms with Crippen molar-refractivity contribution in [3.8, 4) is 5.69 Å². The Hall–Kier alpha value is -3.15. The van der Waals surface area contributed by atoms with Crippen molar-refractivity contribution in [1.29, 1.82) is 0 Å². The number of benzene rings is 2. The molecule has 44 heavy (non-hydrogen) atoms. The van der Waals surface area contributed by atoms with Gasteiger partial charge in [0.15, 0.2) is 11.4 Å². The molecular formula is C26H26BrN6O9PS. The third kappa shape index (κ3) is 6.46. The summed E-state index contributed by atoms with van der Waals surface area (Å²) in [4.78, 5) is 47.4. The number of aliphatic hydroxyl groups is 1. The lowest BCUT2D eigenvalue weighted by Gasteiger charge is -2.20. The van der Waals surface area contributed by atoms with Gasteiger partial charge in [0.25, 0.3) is 0 Å². The van der Waals surface area contributed by atoms with Gasteiger partial charge in [-0.2, -0.15) is 4.98 Å². The average molecular weight is 709 g/mol. The van der Waals surface area contributed by atoms with Gasteiger partial charge in [-0.05, 0) is 57.8 Å². The smallest absolute Gasteiger partial charge is 0.462 e. The molecule has 0 unspecified atom stereocenters. The zero-order valence-corrected chi connectivity index (χ0v) is 26.0. The number of hydrogen-bond acceptors (Lipinski definition) is 12. The lowest BCUT2D eigenvalue weighted by molar-refractivity contribution is -0.146. The van der Waals surface area contributed by atoms with Crippen LogP contribution in [0.1, 0.15) is 30.6 Å². The second kappa shape index (κ2) is 12.3. The molecule has 2 aliphatic rings. The fraction of sp³-hybridized carbons (Fsp3) is 0.346. The number of phosphoric acid groups is 1. The van der Waals surface area contributed by atoms with Gasteiger partial charge in [-0.25, -0.2) is 9.36 Å². The number of nitrogens with two attached hydrogens (primary N) is 1. The van der Waals surface area contributed by atoms with Crippen LogP contribution in [0.15, 0.2) is 63.3 Å². The summed E-state index contributed by atoms with van der Waals surface area (Å²) in [6.45, 7) is -0.543. The summed E-state index contributed by atoms with van der Waals surface area (Å²) >= 11 is 4.53. The van der Waals surface area contributed by atoms with Gasteiger partial charge in [0.05, 0.1) is 11.4 Å². The Labute approximate surface area is 261 Å². The lowest BCUT2D eigenvalue weighted by atomic mass is 9.99. The number of nitrogens with zero attached hydrogens (tertiary/aromatic N) is 5. The van der Waals surface area contributed by atoms with E-state index in [2.05, 4.69) is 43.2 Å². The number of thioether (sulfide) groups is 1. The minimum atomic E-state index is -5.11. The van der Waals surface area contributed by atoms with Crippen molar-refractivity contribution in [3.63, 3.8) is 0 Å². The number of hydrogen-bond donors (Lipinski definition) is 4. The Balaban J connectivity index is 1.15. The Morgan fingerprint density at radius 3 is 2.61 bits per heavy atom. The predicted molar refractivity (Wildman–Crippen MR) is 160 cm³/mol. The van der Waals surface area contributed by atoms with Crippen LogP contribution in [0, 0.1) is 0 Å². The number of aliphatic hydroxyl groups excluding tert-OH is 1. The quantitative estimate of drug-likeness (QED) is 0.106. The van der Waals surface area contributed by atoms with Crippen molar-refractivity contribution in [3.05, 3.63) is 69.4 Å². The molecule has 1 saturated heterocycles. The SMILES string of the molecule is Nc1ccn([C@@H]2O[C@H](COC(=O)CSc3nnc(Br)n3-c3ccc(C4CC4)c4ccccc34)[C@H](OP(=O)(O)O)[C@H]2O)c(=O)n1. The molecule has 15 nitrogen and oxygen atoms in total. The number of fused-ring (bicyclic) bond motifs is 1. The predicted octanol–water partition coefficient (Wildman–Crippen LogP) is 2.27. The molecule has 6 rings (SSSR count). The summed E-state index contributed by atoms with van der Waals surface area (Å²) in [5.74, 6) is -0.431. The molecule has 0 spiro atoms. The van der Waals surface area contributed by atoms with Crippen LogP contribution in [-0.2, 0) is 23.4 Å². The highest BCUT2D eigenvalue weighted by Gasteiger charge is 2.49. The van der Waals surface area contributed by atoms with Gasteiger partial charge in [0, 0.05) is 11.6 Å². The fourth-order valence-electron chi connectivity index (χ4n) is 5.13. The Morgan fingerprint density at radius 2 is 1.91 bits per heavy atom. The first kappa shape index (κ1) is 30.9. The summed E-state index contributed by atoms with van der Waals surface area (Å²) in [6, 6.07) is 13.5. The van der Waals surface area contributed by atoms with Gasteiger partial charge >= 0.3 is 19.5 Å². The largest absolute Gasteiger partial charge is 0.470 e. The van der Waals surface area contributed by atoms with Gasteiger partial charge in [0.2, 0.25) is 4.73 Å². The summed E-state index contributed by atoms with van der Waals surface area (Å²) in [5, 5.41) is 21.7. The van der Waals surface area contributed by atoms with Crippen LogP contribution in [0.4, 0.5) is 5.82 Å². The Kier molecular flexibility index (Phi) is 8.65. The van der Waals surface area contributed by atoms with Gasteiger partial charge in [-0.1, -0.05) is 42.1 Å². The minimum absolute atomic E-state index is 0.0731. The van der Waals surface area contributed by atoms with Crippen molar-refractivity contribution >= 4 is 58.1 Å². The molecule has 0 bridgehead atoms. The van der Waals surface area contributed by atoms with E-state index in [9.17, 15) is 29.0 Å². The number of carbonyl (C=O) groups excluding carboxylic acids is 1. The molecule has 2 aromatic heterocycles. The number of phosphoric ester groups is 1. The monoisotopic (exact) mass is 708 g/mol. The van der Waals surface area contributed by atoms with Crippen LogP contribution in [-0.4, -0.2) is 75.8 Å². The maximum absolute atomic E-state index is 12.8. The van der Waals surface area contributed by atoms with E-state index in [0.717, 1.165) is 45.6 Å². The molecule has 1 saturated carbocycles. The van der Waals surface area contributed by atoms with Crippen molar-refractivity contribution in [2.24, 2.45) is 0 Å². The fourth-order valence-corrected chi connectivity index (χ4v) is 7.01. The maximum atomic E-state index is 12.8. The molecule has 4 aromatic rings. The van der Waals surface area contributed by atoms with E-state index >= 15 is 0 Å². The van der Waals surface area contributed by atoms with E-state index in [1.807, 2.05) is 24.3 Å². The molecule has 0 amide bonds. The third-order valence-electron chi connectivity index (χ3n) is 7.21. The highest BCUT2D eigenvalue weighted by Crippen LogP contribution is 2.45. The Bertz CT molecular complexity index is 1830. The van der Waals surface area contributed by atoms with Gasteiger partial charge in [0.1, 0.15) is 30.7 Å². The first-order valence-corrected chi connectivity index (χ1v) is 16.6. The van der Waals surface area contributed by atoms with Crippen molar-refractivity contribution in [2.75, 3.05) is 18.1 Å². The van der Waals surface area contributed by atoms with Crippen LogP contribution in [0.5, 0.6) is 0 Å². The van der Waals surface area contributed by atoms with E-state index in [0.29, 0.717) is 15.8 Å². The second-order valence-electron chi connectivity index (χ2n) is 10.2. The Morgan fingerprint density at radius 1 is 1.16 bits per heavy atom. The van der Waals surface area contributed by atoms with Crippen LogP contribution in [0.3, 0.4) is 0 Å². The molecule has 5 N–H and O–H groups in total. The van der Waals surface area contributed by atoms with Crippen molar-refractivity contribution < 1.29 is 38.3 Å². The number of halogens is 1. The third-order valence-corrected chi connectivity index (χ3v) is 9.14. The van der Waals surface area contributed by atoms with Crippen molar-refractivity contribution in [2.45, 2.75) is 48.5 Å². The molecular weight excluding hydrogens is 683 g/mol. The second-order valence-corrected chi connectivity index (χ2v) is 13.1. The molecule has 0 radical (unpaired) electrons. The summed E-state index contributed by atoms with van der Waals surface area (Å²) < 4.78 is 30.4. The minimum Gasteiger partial charge on any atom is -0.462 e. The van der Waals surface area contributed by atoms with E-state index in [4.69, 9.17) is 19.7 Å². The topological polar surface area (TPSA) is 214 Å². The first-order chi connectivity index (χ1) is 21.0. The molecule has 2 fully saturated rings. The molecule has 18 heteroatoms. The zero-order chi connectivity index (χ0) is 31.2. The molecule has 4 atom stereocenters. The number of ether oxygens (including phenoxy) is 2. The van der Waals surface area contributed by atoms with E-state index < -0.39 is 50.6 Å². The number of aromatic nitrogens is 5. The summed E-state index contributed by atoms with van der Waals surface area (Å²) in [5.41, 5.74) is 6.77. The molecule has 232 valence electrons.